The molecule has 2 aromatic carbocycles. The van der Waals surface area contributed by atoms with Crippen LogP contribution >= 0.6 is 11.6 Å². The zero-order valence-electron chi connectivity index (χ0n) is 13.9. The minimum absolute atomic E-state index is 0.0666. The van der Waals surface area contributed by atoms with Gasteiger partial charge in [-0.25, -0.2) is 0 Å². The lowest BCUT2D eigenvalue weighted by Gasteiger charge is -2.35. The molecule has 0 bridgehead atoms. The fraction of sp³-hybridized carbons (Fsp3) is 0.263. The molecule has 6 heteroatoms. The van der Waals surface area contributed by atoms with Gasteiger partial charge in [-0.1, -0.05) is 29.8 Å². The van der Waals surface area contributed by atoms with E-state index in [1.165, 1.54) is 4.90 Å². The maximum absolute atomic E-state index is 12.5. The van der Waals surface area contributed by atoms with E-state index in [0.29, 0.717) is 23.9 Å². The predicted molar refractivity (Wildman–Crippen MR) is 97.1 cm³/mol. The van der Waals surface area contributed by atoms with Gasteiger partial charge in [0.15, 0.2) is 6.61 Å². The van der Waals surface area contributed by atoms with Gasteiger partial charge in [0, 0.05) is 23.8 Å². The van der Waals surface area contributed by atoms with E-state index >= 15 is 0 Å². The summed E-state index contributed by atoms with van der Waals surface area (Å²) in [6.07, 6.45) is 0. The quantitative estimate of drug-likeness (QED) is 0.844. The Kier molecular flexibility index (Phi) is 5.24. The molecular formula is C19H19ClN2O3. The van der Waals surface area contributed by atoms with E-state index in [2.05, 4.69) is 0 Å². The molecule has 0 unspecified atom stereocenters. The van der Waals surface area contributed by atoms with Crippen LogP contribution in [-0.2, 0) is 9.59 Å². The van der Waals surface area contributed by atoms with Crippen molar-refractivity contribution in [2.24, 2.45) is 0 Å². The summed E-state index contributed by atoms with van der Waals surface area (Å²) in [4.78, 5) is 28.0. The number of halogens is 1. The van der Waals surface area contributed by atoms with Crippen molar-refractivity contribution in [3.05, 3.63) is 59.1 Å². The fourth-order valence-electron chi connectivity index (χ4n) is 2.77. The largest absolute Gasteiger partial charge is 0.484 e. The molecule has 0 saturated carbocycles. The van der Waals surface area contributed by atoms with Crippen LogP contribution in [-0.4, -0.2) is 43.0 Å². The maximum Gasteiger partial charge on any atom is 0.261 e. The summed E-state index contributed by atoms with van der Waals surface area (Å²) in [5.74, 6) is 0.288. The number of aryl methyl sites for hydroxylation is 1. The van der Waals surface area contributed by atoms with Crippen LogP contribution in [0.15, 0.2) is 48.5 Å². The Morgan fingerprint density at radius 2 is 1.84 bits per heavy atom. The van der Waals surface area contributed by atoms with E-state index < -0.39 is 0 Å². The summed E-state index contributed by atoms with van der Waals surface area (Å²) in [6.45, 7) is 2.91. The summed E-state index contributed by atoms with van der Waals surface area (Å²) in [6, 6.07) is 14.6. The Morgan fingerprint density at radius 3 is 2.52 bits per heavy atom. The van der Waals surface area contributed by atoms with Crippen LogP contribution in [0.2, 0.25) is 5.02 Å². The topological polar surface area (TPSA) is 49.9 Å². The van der Waals surface area contributed by atoms with E-state index in [9.17, 15) is 9.59 Å². The van der Waals surface area contributed by atoms with Gasteiger partial charge in [0.1, 0.15) is 12.3 Å². The summed E-state index contributed by atoms with van der Waals surface area (Å²) in [7, 11) is 0. The molecule has 130 valence electrons. The van der Waals surface area contributed by atoms with Gasteiger partial charge < -0.3 is 14.5 Å². The number of hydrogen-bond donors (Lipinski definition) is 0. The number of amides is 2. The van der Waals surface area contributed by atoms with Gasteiger partial charge in [0.25, 0.3) is 5.91 Å². The molecule has 2 amide bonds. The lowest BCUT2D eigenvalue weighted by Crippen LogP contribution is -2.53. The van der Waals surface area contributed by atoms with Crippen molar-refractivity contribution in [1.29, 1.82) is 0 Å². The number of benzene rings is 2. The highest BCUT2D eigenvalue weighted by atomic mass is 35.5. The second-order valence-corrected chi connectivity index (χ2v) is 6.33. The van der Waals surface area contributed by atoms with Crippen molar-refractivity contribution in [3.63, 3.8) is 0 Å². The number of carbonyl (C=O) groups is 2. The van der Waals surface area contributed by atoms with Crippen LogP contribution in [0.3, 0.4) is 0 Å². The van der Waals surface area contributed by atoms with Crippen LogP contribution in [0.25, 0.3) is 0 Å². The molecule has 1 fully saturated rings. The molecule has 25 heavy (non-hydrogen) atoms. The van der Waals surface area contributed by atoms with Crippen molar-refractivity contribution >= 4 is 29.1 Å². The van der Waals surface area contributed by atoms with E-state index in [4.69, 9.17) is 16.3 Å². The number of ether oxygens (including phenoxy) is 1. The third kappa shape index (κ3) is 4.12. The molecule has 0 aromatic heterocycles. The SMILES string of the molecule is Cc1ccccc1N1CCN(C(=O)COc2ccc(Cl)cc2)CC1=O. The molecule has 0 radical (unpaired) electrons. The van der Waals surface area contributed by atoms with Gasteiger partial charge in [-0.05, 0) is 42.8 Å². The molecule has 1 aliphatic rings. The standard InChI is InChI=1S/C19H19ClN2O3/c1-14-4-2-3-5-17(14)22-11-10-21(12-18(22)23)19(24)13-25-16-8-6-15(20)7-9-16/h2-9H,10-13H2,1H3. The molecule has 0 aliphatic carbocycles. The van der Waals surface area contributed by atoms with E-state index in [1.54, 1.807) is 29.2 Å². The Balaban J connectivity index is 1.57. The van der Waals surface area contributed by atoms with Crippen molar-refractivity contribution in [2.45, 2.75) is 6.92 Å². The number of para-hydroxylation sites is 1. The first-order chi connectivity index (χ1) is 12.0. The zero-order valence-corrected chi connectivity index (χ0v) is 14.7. The normalized spacial score (nSPS) is 14.6. The second-order valence-electron chi connectivity index (χ2n) is 5.89. The van der Waals surface area contributed by atoms with Gasteiger partial charge in [0.05, 0.1) is 0 Å². The number of piperazine rings is 1. The minimum atomic E-state index is -0.201. The van der Waals surface area contributed by atoms with Crippen LogP contribution in [0.5, 0.6) is 5.75 Å². The average molecular weight is 359 g/mol. The maximum atomic E-state index is 12.5. The molecule has 0 spiro atoms. The lowest BCUT2D eigenvalue weighted by atomic mass is 10.1. The highest BCUT2D eigenvalue weighted by Crippen LogP contribution is 2.21. The first-order valence-corrected chi connectivity index (χ1v) is 8.44. The van der Waals surface area contributed by atoms with Crippen LogP contribution in [0, 0.1) is 6.92 Å². The highest BCUT2D eigenvalue weighted by Gasteiger charge is 2.28. The third-order valence-corrected chi connectivity index (χ3v) is 4.41. The molecule has 1 heterocycles. The second kappa shape index (κ2) is 7.57. The third-order valence-electron chi connectivity index (χ3n) is 4.16. The fourth-order valence-corrected chi connectivity index (χ4v) is 2.90. The van der Waals surface area contributed by atoms with Crippen LogP contribution in [0.1, 0.15) is 5.56 Å². The Bertz CT molecular complexity index is 776. The van der Waals surface area contributed by atoms with Gasteiger partial charge in [-0.15, -0.1) is 0 Å². The van der Waals surface area contributed by atoms with Gasteiger partial charge >= 0.3 is 0 Å². The van der Waals surface area contributed by atoms with Crippen LogP contribution < -0.4 is 9.64 Å². The monoisotopic (exact) mass is 358 g/mol. The number of anilines is 1. The average Bonchev–Trinajstić information content (AvgIpc) is 2.62. The predicted octanol–water partition coefficient (Wildman–Crippen LogP) is 2.90. The van der Waals surface area contributed by atoms with E-state index in [1.807, 2.05) is 31.2 Å². The smallest absolute Gasteiger partial charge is 0.261 e. The van der Waals surface area contributed by atoms with Crippen LogP contribution in [0.4, 0.5) is 5.69 Å². The number of carbonyl (C=O) groups excluding carboxylic acids is 2. The Labute approximate surface area is 151 Å². The molecule has 2 aromatic rings. The van der Waals surface area contributed by atoms with Gasteiger partial charge in [-0.3, -0.25) is 9.59 Å². The molecule has 5 nitrogen and oxygen atoms in total. The van der Waals surface area contributed by atoms with Gasteiger partial charge in [-0.2, -0.15) is 0 Å². The van der Waals surface area contributed by atoms with Gasteiger partial charge in [0.2, 0.25) is 5.91 Å². The molecule has 0 N–H and O–H groups in total. The molecule has 0 atom stereocenters. The van der Waals surface area contributed by atoms with E-state index in [-0.39, 0.29) is 25.0 Å². The molecule has 1 aliphatic heterocycles. The molecule has 1 saturated heterocycles. The number of rotatable bonds is 4. The highest BCUT2D eigenvalue weighted by molar-refractivity contribution is 6.30. The van der Waals surface area contributed by atoms with Crippen molar-refractivity contribution in [1.82, 2.24) is 4.90 Å². The Morgan fingerprint density at radius 1 is 1.12 bits per heavy atom. The first kappa shape index (κ1) is 17.3. The first-order valence-electron chi connectivity index (χ1n) is 8.07. The van der Waals surface area contributed by atoms with E-state index in [0.717, 1.165) is 11.3 Å². The zero-order chi connectivity index (χ0) is 17.8. The van der Waals surface area contributed by atoms with Crippen molar-refractivity contribution in [3.8, 4) is 5.75 Å². The number of hydrogen-bond acceptors (Lipinski definition) is 3. The summed E-state index contributed by atoms with van der Waals surface area (Å²) < 4.78 is 5.47. The minimum Gasteiger partial charge on any atom is -0.484 e. The Hall–Kier alpha value is -2.53. The van der Waals surface area contributed by atoms with Crippen molar-refractivity contribution in [2.75, 3.05) is 31.1 Å². The summed E-state index contributed by atoms with van der Waals surface area (Å²) >= 11 is 5.81. The summed E-state index contributed by atoms with van der Waals surface area (Å²) in [5, 5.41) is 0.608. The molecule has 3 rings (SSSR count). The lowest BCUT2D eigenvalue weighted by molar-refractivity contribution is -0.138. The molecular weight excluding hydrogens is 340 g/mol. The van der Waals surface area contributed by atoms with Crippen molar-refractivity contribution < 1.29 is 14.3 Å². The summed E-state index contributed by atoms with van der Waals surface area (Å²) in [5.41, 5.74) is 1.94. The number of nitrogens with zero attached hydrogens (tertiary/aromatic N) is 2.